The van der Waals surface area contributed by atoms with Crippen molar-refractivity contribution in [2.24, 2.45) is 0 Å². The second-order valence-electron chi connectivity index (χ2n) is 4.38. The molecule has 0 radical (unpaired) electrons. The minimum Gasteiger partial charge on any atom is -0.457 e. The molecule has 0 saturated carbocycles. The van der Waals surface area contributed by atoms with Crippen molar-refractivity contribution in [3.63, 3.8) is 0 Å². The number of carbonyl (C=O) groups excluding carboxylic acids is 1. The van der Waals surface area contributed by atoms with E-state index in [0.717, 1.165) is 4.88 Å². The predicted molar refractivity (Wildman–Crippen MR) is 62.4 cm³/mol. The third-order valence-electron chi connectivity index (χ3n) is 3.27. The van der Waals surface area contributed by atoms with Gasteiger partial charge in [0.25, 0.3) is 0 Å². The SMILES string of the molecule is C/C=C/c1cc2c(s1)[C@@H](O)[C@H]1C[C@]2(O)C(=O)O1. The van der Waals surface area contributed by atoms with Crippen LogP contribution in [-0.4, -0.2) is 22.3 Å². The molecular formula is C12H12O4S. The molecule has 90 valence electrons. The molecule has 0 spiro atoms. The number of ether oxygens (including phenoxy) is 1. The second kappa shape index (κ2) is 3.41. The highest BCUT2D eigenvalue weighted by atomic mass is 32.1. The van der Waals surface area contributed by atoms with Gasteiger partial charge in [-0.15, -0.1) is 11.3 Å². The topological polar surface area (TPSA) is 66.8 Å². The summed E-state index contributed by atoms with van der Waals surface area (Å²) in [7, 11) is 0. The lowest BCUT2D eigenvalue weighted by Crippen LogP contribution is -2.34. The highest BCUT2D eigenvalue weighted by Gasteiger charge is 2.57. The van der Waals surface area contributed by atoms with Crippen LogP contribution in [0.2, 0.25) is 0 Å². The summed E-state index contributed by atoms with van der Waals surface area (Å²) in [6, 6.07) is 1.76. The number of allylic oxidation sites excluding steroid dienone is 1. The molecule has 5 heteroatoms. The first-order valence-corrected chi connectivity index (χ1v) is 6.26. The minimum atomic E-state index is -1.56. The predicted octanol–water partition coefficient (Wildman–Crippen LogP) is 1.33. The van der Waals surface area contributed by atoms with Crippen LogP contribution in [0.1, 0.15) is 34.8 Å². The Kier molecular flexibility index (Phi) is 2.20. The summed E-state index contributed by atoms with van der Waals surface area (Å²) >= 11 is 1.39. The van der Waals surface area contributed by atoms with Crippen LogP contribution in [0.4, 0.5) is 0 Å². The normalized spacial score (nSPS) is 35.1. The smallest absolute Gasteiger partial charge is 0.343 e. The Bertz CT molecular complexity index is 519. The lowest BCUT2D eigenvalue weighted by atomic mass is 9.83. The summed E-state index contributed by atoms with van der Waals surface area (Å²) in [6.07, 6.45) is 2.48. The Morgan fingerprint density at radius 2 is 2.41 bits per heavy atom. The van der Waals surface area contributed by atoms with E-state index in [-0.39, 0.29) is 6.42 Å². The molecule has 1 aliphatic carbocycles. The van der Waals surface area contributed by atoms with E-state index in [2.05, 4.69) is 0 Å². The molecule has 3 rings (SSSR count). The zero-order valence-corrected chi connectivity index (χ0v) is 10.0. The first kappa shape index (κ1) is 11.0. The van der Waals surface area contributed by atoms with Crippen LogP contribution >= 0.6 is 11.3 Å². The van der Waals surface area contributed by atoms with E-state index in [1.807, 2.05) is 19.1 Å². The number of hydrogen-bond donors (Lipinski definition) is 2. The van der Waals surface area contributed by atoms with E-state index in [0.29, 0.717) is 10.4 Å². The molecule has 0 amide bonds. The van der Waals surface area contributed by atoms with Gasteiger partial charge in [-0.05, 0) is 19.1 Å². The molecule has 0 unspecified atom stereocenters. The average Bonchev–Trinajstić information content (AvgIpc) is 2.80. The van der Waals surface area contributed by atoms with Crippen LogP contribution in [0, 0.1) is 0 Å². The fraction of sp³-hybridized carbons (Fsp3) is 0.417. The van der Waals surface area contributed by atoms with Gasteiger partial charge in [-0.25, -0.2) is 4.79 Å². The van der Waals surface area contributed by atoms with Crippen molar-refractivity contribution < 1.29 is 19.7 Å². The van der Waals surface area contributed by atoms with Crippen molar-refractivity contribution in [3.8, 4) is 0 Å². The Balaban J connectivity index is 2.18. The molecule has 1 aliphatic heterocycles. The molecule has 1 aromatic rings. The van der Waals surface area contributed by atoms with Gasteiger partial charge in [-0.2, -0.15) is 0 Å². The van der Waals surface area contributed by atoms with Gasteiger partial charge in [-0.3, -0.25) is 0 Å². The van der Waals surface area contributed by atoms with Crippen molar-refractivity contribution >= 4 is 23.4 Å². The molecule has 1 aromatic heterocycles. The third-order valence-corrected chi connectivity index (χ3v) is 4.44. The summed E-state index contributed by atoms with van der Waals surface area (Å²) in [4.78, 5) is 13.2. The lowest BCUT2D eigenvalue weighted by Gasteiger charge is -2.25. The van der Waals surface area contributed by atoms with Crippen LogP contribution in [0.3, 0.4) is 0 Å². The Morgan fingerprint density at radius 3 is 3.12 bits per heavy atom. The first-order chi connectivity index (χ1) is 8.06. The maximum atomic E-state index is 11.7. The lowest BCUT2D eigenvalue weighted by molar-refractivity contribution is -0.156. The zero-order valence-electron chi connectivity index (χ0n) is 9.21. The molecular weight excluding hydrogens is 240 g/mol. The number of aliphatic hydroxyl groups excluding tert-OH is 1. The molecule has 2 heterocycles. The van der Waals surface area contributed by atoms with E-state index in [1.165, 1.54) is 11.3 Å². The van der Waals surface area contributed by atoms with E-state index in [1.54, 1.807) is 6.07 Å². The first-order valence-electron chi connectivity index (χ1n) is 5.44. The van der Waals surface area contributed by atoms with E-state index in [9.17, 15) is 15.0 Å². The fourth-order valence-corrected chi connectivity index (χ4v) is 3.68. The zero-order chi connectivity index (χ0) is 12.2. The Morgan fingerprint density at radius 1 is 1.65 bits per heavy atom. The van der Waals surface area contributed by atoms with Gasteiger partial charge in [0.15, 0.2) is 5.60 Å². The van der Waals surface area contributed by atoms with E-state index < -0.39 is 23.8 Å². The van der Waals surface area contributed by atoms with Gasteiger partial charge in [0.1, 0.15) is 12.2 Å². The average molecular weight is 252 g/mol. The maximum absolute atomic E-state index is 11.7. The molecule has 0 aromatic carbocycles. The highest BCUT2D eigenvalue weighted by molar-refractivity contribution is 7.13. The Labute approximate surface area is 102 Å². The molecule has 1 fully saturated rings. The number of aliphatic hydroxyl groups is 2. The van der Waals surface area contributed by atoms with Gasteiger partial charge < -0.3 is 14.9 Å². The monoisotopic (exact) mass is 252 g/mol. The number of rotatable bonds is 1. The molecule has 2 N–H and O–H groups in total. The summed E-state index contributed by atoms with van der Waals surface area (Å²) in [6.45, 7) is 1.89. The standard InChI is InChI=1S/C12H12O4S/c1-2-3-6-4-7-10(17-6)9(13)8-5-12(7,15)11(14)16-8/h2-4,8-9,13,15H,5H2,1H3/b3-2+/t8-,9+,12-/m1/s1. The second-order valence-corrected chi connectivity index (χ2v) is 5.50. The minimum absolute atomic E-state index is 0.145. The van der Waals surface area contributed by atoms with Gasteiger partial charge >= 0.3 is 5.97 Å². The maximum Gasteiger partial charge on any atom is 0.343 e. The van der Waals surface area contributed by atoms with E-state index in [4.69, 9.17) is 4.74 Å². The van der Waals surface area contributed by atoms with Crippen LogP contribution in [-0.2, 0) is 15.1 Å². The van der Waals surface area contributed by atoms with Crippen LogP contribution in [0.25, 0.3) is 6.08 Å². The summed E-state index contributed by atoms with van der Waals surface area (Å²) in [5.74, 6) is -0.648. The van der Waals surface area contributed by atoms with Gasteiger partial charge in [0.05, 0.1) is 0 Å². The van der Waals surface area contributed by atoms with Crippen molar-refractivity contribution in [2.75, 3.05) is 0 Å². The quantitative estimate of drug-likeness (QED) is 0.740. The van der Waals surface area contributed by atoms with Crippen LogP contribution in [0.15, 0.2) is 12.1 Å². The van der Waals surface area contributed by atoms with E-state index >= 15 is 0 Å². The fourth-order valence-electron chi connectivity index (χ4n) is 2.43. The van der Waals surface area contributed by atoms with Crippen molar-refractivity contribution in [1.82, 2.24) is 0 Å². The largest absolute Gasteiger partial charge is 0.457 e. The number of fused-ring (bicyclic) bond motifs is 4. The number of esters is 1. The summed E-state index contributed by atoms with van der Waals surface area (Å²) < 4.78 is 4.99. The van der Waals surface area contributed by atoms with Crippen molar-refractivity contribution in [3.05, 3.63) is 27.5 Å². The van der Waals surface area contributed by atoms with Gasteiger partial charge in [0, 0.05) is 21.7 Å². The van der Waals surface area contributed by atoms with Crippen molar-refractivity contribution in [2.45, 2.75) is 31.2 Å². The molecule has 3 atom stereocenters. The molecule has 17 heavy (non-hydrogen) atoms. The highest BCUT2D eigenvalue weighted by Crippen LogP contribution is 2.50. The van der Waals surface area contributed by atoms with Crippen LogP contribution in [0.5, 0.6) is 0 Å². The van der Waals surface area contributed by atoms with Gasteiger partial charge in [-0.1, -0.05) is 6.08 Å². The Hall–Kier alpha value is -1.17. The third kappa shape index (κ3) is 1.33. The van der Waals surface area contributed by atoms with Gasteiger partial charge in [0.2, 0.25) is 0 Å². The number of hydrogen-bond acceptors (Lipinski definition) is 5. The molecule has 4 nitrogen and oxygen atoms in total. The van der Waals surface area contributed by atoms with Crippen molar-refractivity contribution in [1.29, 1.82) is 0 Å². The number of carbonyl (C=O) groups is 1. The summed E-state index contributed by atoms with van der Waals surface area (Å²) in [5, 5.41) is 20.4. The van der Waals surface area contributed by atoms with Crippen LogP contribution < -0.4 is 0 Å². The summed E-state index contributed by atoms with van der Waals surface area (Å²) in [5.41, 5.74) is -1.06. The molecule has 1 saturated heterocycles. The molecule has 2 aliphatic rings. The molecule has 2 bridgehead atoms. The number of thiophene rings is 1.